The van der Waals surface area contributed by atoms with Crippen LogP contribution in [-0.4, -0.2) is 47.6 Å². The summed E-state index contributed by atoms with van der Waals surface area (Å²) in [4.78, 5) is 24.5. The van der Waals surface area contributed by atoms with Gasteiger partial charge in [0.05, 0.1) is 0 Å². The second-order valence-corrected chi connectivity index (χ2v) is 5.08. The molecule has 0 atom stereocenters. The van der Waals surface area contributed by atoms with E-state index in [1.165, 1.54) is 0 Å². The number of carboxylic acids is 1. The number of carbonyl (C=O) groups is 2. The second kappa shape index (κ2) is 5.49. The van der Waals surface area contributed by atoms with Gasteiger partial charge in [-0.1, -0.05) is 12.8 Å². The van der Waals surface area contributed by atoms with Gasteiger partial charge in [-0.15, -0.1) is 0 Å². The highest BCUT2D eigenvalue weighted by molar-refractivity contribution is 5.82. The summed E-state index contributed by atoms with van der Waals surface area (Å²) in [5.41, 5.74) is 0. The molecule has 2 aliphatic rings. The number of amides is 1. The molecule has 1 saturated carbocycles. The van der Waals surface area contributed by atoms with Crippen LogP contribution in [0.15, 0.2) is 0 Å². The molecule has 1 heterocycles. The molecule has 1 saturated heterocycles. The fourth-order valence-electron chi connectivity index (χ4n) is 2.64. The minimum absolute atomic E-state index is 0.0193. The van der Waals surface area contributed by atoms with Crippen molar-refractivity contribution >= 4 is 11.9 Å². The van der Waals surface area contributed by atoms with Crippen LogP contribution >= 0.6 is 0 Å². The molecule has 0 aromatic carbocycles. The minimum atomic E-state index is -0.906. The Bertz CT molecular complexity index is 296. The van der Waals surface area contributed by atoms with E-state index in [0.717, 1.165) is 38.8 Å². The van der Waals surface area contributed by atoms with E-state index in [1.807, 2.05) is 0 Å². The molecule has 0 unspecified atom stereocenters. The lowest BCUT2D eigenvalue weighted by Gasteiger charge is -2.32. The second-order valence-electron chi connectivity index (χ2n) is 5.08. The van der Waals surface area contributed by atoms with E-state index in [1.54, 1.807) is 4.90 Å². The van der Waals surface area contributed by atoms with E-state index >= 15 is 0 Å². The van der Waals surface area contributed by atoms with Gasteiger partial charge >= 0.3 is 5.97 Å². The first kappa shape index (κ1) is 12.4. The number of carboxylic acid groups (broad SMARTS) is 1. The zero-order valence-electron chi connectivity index (χ0n) is 10.0. The van der Waals surface area contributed by atoms with Gasteiger partial charge in [0.25, 0.3) is 0 Å². The average molecular weight is 240 g/mol. The third kappa shape index (κ3) is 3.19. The van der Waals surface area contributed by atoms with Crippen molar-refractivity contribution in [3.63, 3.8) is 0 Å². The highest BCUT2D eigenvalue weighted by Crippen LogP contribution is 2.25. The molecule has 2 rings (SSSR count). The maximum atomic E-state index is 12.1. The van der Waals surface area contributed by atoms with Crippen molar-refractivity contribution in [2.45, 2.75) is 38.1 Å². The number of hydrogen-bond acceptors (Lipinski definition) is 3. The molecule has 1 aliphatic heterocycles. The standard InChI is InChI=1S/C12H20N2O3/c15-11(5-9-6-13-7-9)14(8-12(16)17)10-3-1-2-4-10/h9-10,13H,1-8H2,(H,16,17). The first-order valence-corrected chi connectivity index (χ1v) is 6.39. The number of nitrogens with zero attached hydrogens (tertiary/aromatic N) is 1. The molecular formula is C12H20N2O3. The Labute approximate surface area is 101 Å². The molecule has 2 fully saturated rings. The average Bonchev–Trinajstić information content (AvgIpc) is 2.72. The van der Waals surface area contributed by atoms with Gasteiger partial charge in [-0.25, -0.2) is 0 Å². The quantitative estimate of drug-likeness (QED) is 0.732. The molecule has 0 aromatic rings. The summed E-state index contributed by atoms with van der Waals surface area (Å²) in [7, 11) is 0. The SMILES string of the molecule is O=C(O)CN(C(=O)CC1CNC1)C1CCCC1. The summed E-state index contributed by atoms with van der Waals surface area (Å²) in [6.45, 7) is 1.64. The van der Waals surface area contributed by atoms with Crippen LogP contribution in [0.5, 0.6) is 0 Å². The van der Waals surface area contributed by atoms with E-state index in [2.05, 4.69) is 5.32 Å². The van der Waals surface area contributed by atoms with Crippen molar-refractivity contribution in [1.29, 1.82) is 0 Å². The summed E-state index contributed by atoms with van der Waals surface area (Å²) in [6, 6.07) is 0.159. The van der Waals surface area contributed by atoms with Crippen LogP contribution in [0.4, 0.5) is 0 Å². The number of hydrogen-bond donors (Lipinski definition) is 2. The highest BCUT2D eigenvalue weighted by atomic mass is 16.4. The largest absolute Gasteiger partial charge is 0.480 e. The van der Waals surface area contributed by atoms with Crippen LogP contribution in [-0.2, 0) is 9.59 Å². The Balaban J connectivity index is 1.92. The third-order valence-electron chi connectivity index (χ3n) is 3.72. The molecule has 1 amide bonds. The summed E-state index contributed by atoms with van der Waals surface area (Å²) in [5.74, 6) is -0.483. The number of aliphatic carboxylic acids is 1. The zero-order valence-corrected chi connectivity index (χ0v) is 10.0. The summed E-state index contributed by atoms with van der Waals surface area (Å²) in [6.07, 6.45) is 4.64. The lowest BCUT2D eigenvalue weighted by Crippen LogP contribution is -2.48. The smallest absolute Gasteiger partial charge is 0.323 e. The molecule has 0 aromatic heterocycles. The Morgan fingerprint density at radius 3 is 2.35 bits per heavy atom. The van der Waals surface area contributed by atoms with E-state index in [-0.39, 0.29) is 18.5 Å². The summed E-state index contributed by atoms with van der Waals surface area (Å²) < 4.78 is 0. The maximum absolute atomic E-state index is 12.1. The van der Waals surface area contributed by atoms with Gasteiger partial charge in [-0.2, -0.15) is 0 Å². The van der Waals surface area contributed by atoms with Crippen LogP contribution in [0.3, 0.4) is 0 Å². The van der Waals surface area contributed by atoms with Crippen LogP contribution in [0, 0.1) is 5.92 Å². The van der Waals surface area contributed by atoms with Gasteiger partial charge in [0.2, 0.25) is 5.91 Å². The fourth-order valence-corrected chi connectivity index (χ4v) is 2.64. The van der Waals surface area contributed by atoms with Gasteiger partial charge in [-0.3, -0.25) is 9.59 Å². The van der Waals surface area contributed by atoms with E-state index < -0.39 is 5.97 Å². The summed E-state index contributed by atoms with van der Waals surface area (Å²) in [5, 5.41) is 12.0. The van der Waals surface area contributed by atoms with Gasteiger partial charge in [0, 0.05) is 12.5 Å². The zero-order chi connectivity index (χ0) is 12.3. The van der Waals surface area contributed by atoms with Gasteiger partial charge in [-0.05, 0) is 31.8 Å². The van der Waals surface area contributed by atoms with Crippen molar-refractivity contribution < 1.29 is 14.7 Å². The van der Waals surface area contributed by atoms with Crippen molar-refractivity contribution in [2.24, 2.45) is 5.92 Å². The molecule has 17 heavy (non-hydrogen) atoms. The molecule has 5 heteroatoms. The predicted molar refractivity (Wildman–Crippen MR) is 62.6 cm³/mol. The number of rotatable bonds is 5. The first-order chi connectivity index (χ1) is 8.16. The minimum Gasteiger partial charge on any atom is -0.480 e. The number of nitrogens with one attached hydrogen (secondary N) is 1. The van der Waals surface area contributed by atoms with Gasteiger partial charge in [0.1, 0.15) is 6.54 Å². The number of carbonyl (C=O) groups excluding carboxylic acids is 1. The van der Waals surface area contributed by atoms with Crippen LogP contribution in [0.1, 0.15) is 32.1 Å². The van der Waals surface area contributed by atoms with Crippen molar-refractivity contribution in [2.75, 3.05) is 19.6 Å². The molecule has 2 N–H and O–H groups in total. The fraction of sp³-hybridized carbons (Fsp3) is 0.833. The van der Waals surface area contributed by atoms with Crippen LogP contribution in [0.25, 0.3) is 0 Å². The summed E-state index contributed by atoms with van der Waals surface area (Å²) >= 11 is 0. The molecular weight excluding hydrogens is 220 g/mol. The van der Waals surface area contributed by atoms with Crippen molar-refractivity contribution in [3.8, 4) is 0 Å². The van der Waals surface area contributed by atoms with Crippen LogP contribution in [0.2, 0.25) is 0 Å². The lowest BCUT2D eigenvalue weighted by atomic mass is 9.98. The molecule has 0 radical (unpaired) electrons. The topological polar surface area (TPSA) is 69.6 Å². The Morgan fingerprint density at radius 2 is 1.88 bits per heavy atom. The molecule has 5 nitrogen and oxygen atoms in total. The van der Waals surface area contributed by atoms with E-state index in [9.17, 15) is 9.59 Å². The Hall–Kier alpha value is -1.10. The van der Waals surface area contributed by atoms with Crippen LogP contribution < -0.4 is 5.32 Å². The maximum Gasteiger partial charge on any atom is 0.323 e. The molecule has 96 valence electrons. The highest BCUT2D eigenvalue weighted by Gasteiger charge is 2.30. The van der Waals surface area contributed by atoms with Crippen molar-refractivity contribution in [3.05, 3.63) is 0 Å². The molecule has 1 aliphatic carbocycles. The van der Waals surface area contributed by atoms with E-state index in [4.69, 9.17) is 5.11 Å². The van der Waals surface area contributed by atoms with Gasteiger partial charge < -0.3 is 15.3 Å². The van der Waals surface area contributed by atoms with E-state index in [0.29, 0.717) is 12.3 Å². The molecule has 0 bridgehead atoms. The normalized spacial score (nSPS) is 21.2. The molecule has 0 spiro atoms. The monoisotopic (exact) mass is 240 g/mol. The first-order valence-electron chi connectivity index (χ1n) is 6.39. The predicted octanol–water partition coefficient (Wildman–Crippen LogP) is 0.452. The van der Waals surface area contributed by atoms with Crippen molar-refractivity contribution in [1.82, 2.24) is 10.2 Å². The Morgan fingerprint density at radius 1 is 1.24 bits per heavy atom. The van der Waals surface area contributed by atoms with Gasteiger partial charge in [0.15, 0.2) is 0 Å². The lowest BCUT2D eigenvalue weighted by molar-refractivity contribution is -0.146. The third-order valence-corrected chi connectivity index (χ3v) is 3.72. The Kier molecular flexibility index (Phi) is 3.99.